The number of rotatable bonds is 8. The Morgan fingerprint density at radius 3 is 2.24 bits per heavy atom. The predicted octanol–water partition coefficient (Wildman–Crippen LogP) is 2.85. The molecule has 0 saturated heterocycles. The molecule has 0 unspecified atom stereocenters. The molecule has 2 aliphatic carbocycles. The average molecular weight is 290 g/mol. The van der Waals surface area contributed by atoms with E-state index >= 15 is 0 Å². The standard InChI is InChI=1S/C17H30N4/c1-12(2)18-9-16-13(3)19-20(4)17(16)21(10-14-5-6-14)11-15-7-8-15/h12,14-15,18H,5-11H2,1-4H3. The van der Waals surface area contributed by atoms with Crippen LogP contribution in [0, 0.1) is 18.8 Å². The summed E-state index contributed by atoms with van der Waals surface area (Å²) in [7, 11) is 2.11. The van der Waals surface area contributed by atoms with E-state index in [4.69, 9.17) is 5.10 Å². The van der Waals surface area contributed by atoms with Gasteiger partial charge in [0.25, 0.3) is 0 Å². The molecule has 21 heavy (non-hydrogen) atoms. The maximum atomic E-state index is 4.70. The first kappa shape index (κ1) is 14.9. The first-order valence-corrected chi connectivity index (χ1v) is 8.55. The van der Waals surface area contributed by atoms with Crippen LogP contribution in [0.4, 0.5) is 5.82 Å². The number of anilines is 1. The third-order valence-electron chi connectivity index (χ3n) is 4.65. The van der Waals surface area contributed by atoms with Crippen molar-refractivity contribution in [2.45, 2.75) is 59.0 Å². The summed E-state index contributed by atoms with van der Waals surface area (Å²) in [6.45, 7) is 9.94. The van der Waals surface area contributed by atoms with Gasteiger partial charge in [0.2, 0.25) is 0 Å². The van der Waals surface area contributed by atoms with Gasteiger partial charge in [0, 0.05) is 38.3 Å². The molecule has 0 spiro atoms. The zero-order valence-corrected chi connectivity index (χ0v) is 14.0. The minimum absolute atomic E-state index is 0.512. The number of nitrogens with zero attached hydrogens (tertiary/aromatic N) is 3. The van der Waals surface area contributed by atoms with E-state index in [0.29, 0.717) is 6.04 Å². The van der Waals surface area contributed by atoms with E-state index in [1.54, 1.807) is 0 Å². The van der Waals surface area contributed by atoms with Crippen LogP contribution < -0.4 is 10.2 Å². The highest BCUT2D eigenvalue weighted by Crippen LogP contribution is 2.37. The van der Waals surface area contributed by atoms with Crippen molar-refractivity contribution in [3.05, 3.63) is 11.3 Å². The monoisotopic (exact) mass is 290 g/mol. The third-order valence-corrected chi connectivity index (χ3v) is 4.65. The lowest BCUT2D eigenvalue weighted by Gasteiger charge is -2.26. The van der Waals surface area contributed by atoms with Gasteiger partial charge in [-0.2, -0.15) is 5.10 Å². The normalized spacial score (nSPS) is 18.5. The van der Waals surface area contributed by atoms with Gasteiger partial charge in [0.1, 0.15) is 5.82 Å². The first-order chi connectivity index (χ1) is 10.0. The maximum Gasteiger partial charge on any atom is 0.131 e. The third kappa shape index (κ3) is 3.79. The topological polar surface area (TPSA) is 33.1 Å². The molecule has 2 saturated carbocycles. The average Bonchev–Trinajstić information content (AvgIpc) is 3.29. The van der Waals surface area contributed by atoms with Crippen molar-refractivity contribution in [1.82, 2.24) is 15.1 Å². The van der Waals surface area contributed by atoms with Crippen molar-refractivity contribution >= 4 is 5.82 Å². The second kappa shape index (κ2) is 5.99. The van der Waals surface area contributed by atoms with Crippen molar-refractivity contribution in [2.24, 2.45) is 18.9 Å². The second-order valence-electron chi connectivity index (χ2n) is 7.34. The van der Waals surface area contributed by atoms with E-state index in [2.05, 4.69) is 42.7 Å². The maximum absolute atomic E-state index is 4.70. The summed E-state index contributed by atoms with van der Waals surface area (Å²) >= 11 is 0. The van der Waals surface area contributed by atoms with Gasteiger partial charge < -0.3 is 10.2 Å². The van der Waals surface area contributed by atoms with E-state index in [9.17, 15) is 0 Å². The molecule has 0 amide bonds. The minimum atomic E-state index is 0.512. The molecule has 2 aliphatic rings. The SMILES string of the molecule is Cc1nn(C)c(N(CC2CC2)CC2CC2)c1CNC(C)C. The Hall–Kier alpha value is -1.03. The smallest absolute Gasteiger partial charge is 0.131 e. The zero-order valence-electron chi connectivity index (χ0n) is 14.0. The van der Waals surface area contributed by atoms with Crippen LogP contribution in [0.3, 0.4) is 0 Å². The molecule has 4 heteroatoms. The van der Waals surface area contributed by atoms with Gasteiger partial charge in [-0.05, 0) is 44.4 Å². The van der Waals surface area contributed by atoms with E-state index in [0.717, 1.165) is 18.4 Å². The van der Waals surface area contributed by atoms with Gasteiger partial charge in [-0.1, -0.05) is 13.8 Å². The highest BCUT2D eigenvalue weighted by Gasteiger charge is 2.32. The molecule has 2 fully saturated rings. The molecule has 1 heterocycles. The summed E-state index contributed by atoms with van der Waals surface area (Å²) in [5.74, 6) is 3.20. The lowest BCUT2D eigenvalue weighted by Crippen LogP contribution is -2.32. The molecule has 0 bridgehead atoms. The van der Waals surface area contributed by atoms with Gasteiger partial charge in [0.05, 0.1) is 5.69 Å². The molecule has 3 rings (SSSR count). The van der Waals surface area contributed by atoms with Crippen molar-refractivity contribution < 1.29 is 0 Å². The summed E-state index contributed by atoms with van der Waals surface area (Å²) in [4.78, 5) is 2.63. The van der Waals surface area contributed by atoms with Gasteiger partial charge >= 0.3 is 0 Å². The number of aryl methyl sites for hydroxylation is 2. The van der Waals surface area contributed by atoms with Crippen molar-refractivity contribution in [1.29, 1.82) is 0 Å². The molecule has 0 radical (unpaired) electrons. The molecule has 0 aliphatic heterocycles. The van der Waals surface area contributed by atoms with Crippen LogP contribution in [0.25, 0.3) is 0 Å². The molecule has 1 N–H and O–H groups in total. The fraction of sp³-hybridized carbons (Fsp3) is 0.824. The molecule has 1 aromatic rings. The van der Waals surface area contributed by atoms with E-state index in [1.165, 1.54) is 55.8 Å². The molecule has 0 atom stereocenters. The van der Waals surface area contributed by atoms with Crippen LogP contribution in [0.5, 0.6) is 0 Å². The van der Waals surface area contributed by atoms with Gasteiger partial charge in [-0.25, -0.2) is 0 Å². The Morgan fingerprint density at radius 2 is 1.76 bits per heavy atom. The van der Waals surface area contributed by atoms with E-state index in [-0.39, 0.29) is 0 Å². The molecular formula is C17H30N4. The fourth-order valence-electron chi connectivity index (χ4n) is 3.07. The van der Waals surface area contributed by atoms with Crippen LogP contribution in [0.1, 0.15) is 50.8 Å². The highest BCUT2D eigenvalue weighted by molar-refractivity contribution is 5.50. The number of hydrogen-bond acceptors (Lipinski definition) is 3. The summed E-state index contributed by atoms with van der Waals surface area (Å²) in [6, 6.07) is 0.512. The summed E-state index contributed by atoms with van der Waals surface area (Å²) in [5.41, 5.74) is 2.57. The Labute approximate surface area is 128 Å². The highest BCUT2D eigenvalue weighted by atomic mass is 15.4. The predicted molar refractivity (Wildman–Crippen MR) is 87.6 cm³/mol. The lowest BCUT2D eigenvalue weighted by molar-refractivity contribution is 0.582. The molecule has 1 aromatic heterocycles. The minimum Gasteiger partial charge on any atom is -0.356 e. The van der Waals surface area contributed by atoms with E-state index < -0.39 is 0 Å². The van der Waals surface area contributed by atoms with Crippen LogP contribution in [-0.2, 0) is 13.6 Å². The van der Waals surface area contributed by atoms with Gasteiger partial charge in [-0.3, -0.25) is 4.68 Å². The molecular weight excluding hydrogens is 260 g/mol. The Morgan fingerprint density at radius 1 is 1.19 bits per heavy atom. The van der Waals surface area contributed by atoms with Crippen LogP contribution in [0.2, 0.25) is 0 Å². The largest absolute Gasteiger partial charge is 0.356 e. The molecule has 4 nitrogen and oxygen atoms in total. The second-order valence-corrected chi connectivity index (χ2v) is 7.34. The Balaban J connectivity index is 1.81. The summed E-state index contributed by atoms with van der Waals surface area (Å²) in [6.07, 6.45) is 5.66. The lowest BCUT2D eigenvalue weighted by atomic mass is 10.2. The van der Waals surface area contributed by atoms with Crippen LogP contribution in [-0.4, -0.2) is 28.9 Å². The number of nitrogens with one attached hydrogen (secondary N) is 1. The first-order valence-electron chi connectivity index (χ1n) is 8.55. The Kier molecular flexibility index (Phi) is 4.25. The fourth-order valence-corrected chi connectivity index (χ4v) is 3.07. The van der Waals surface area contributed by atoms with Crippen LogP contribution >= 0.6 is 0 Å². The molecule has 118 valence electrons. The number of aromatic nitrogens is 2. The zero-order chi connectivity index (χ0) is 15.0. The quantitative estimate of drug-likeness (QED) is 0.799. The summed E-state index contributed by atoms with van der Waals surface area (Å²) < 4.78 is 2.11. The summed E-state index contributed by atoms with van der Waals surface area (Å²) in [5, 5.41) is 8.27. The van der Waals surface area contributed by atoms with Gasteiger partial charge in [-0.15, -0.1) is 0 Å². The molecule has 0 aromatic carbocycles. The van der Waals surface area contributed by atoms with Crippen molar-refractivity contribution in [2.75, 3.05) is 18.0 Å². The van der Waals surface area contributed by atoms with Crippen LogP contribution in [0.15, 0.2) is 0 Å². The van der Waals surface area contributed by atoms with Gasteiger partial charge in [0.15, 0.2) is 0 Å². The Bertz CT molecular complexity index is 469. The van der Waals surface area contributed by atoms with E-state index in [1.807, 2.05) is 0 Å². The number of hydrogen-bond donors (Lipinski definition) is 1. The van der Waals surface area contributed by atoms with Crippen molar-refractivity contribution in [3.63, 3.8) is 0 Å². The van der Waals surface area contributed by atoms with Crippen molar-refractivity contribution in [3.8, 4) is 0 Å².